The molecule has 1 unspecified atom stereocenters. The summed E-state index contributed by atoms with van der Waals surface area (Å²) in [6.45, 7) is 2.51. The van der Waals surface area contributed by atoms with Crippen molar-refractivity contribution < 1.29 is 9.94 Å². The van der Waals surface area contributed by atoms with Gasteiger partial charge in [-0.25, -0.2) is 4.98 Å². The number of hydrogen-bond acceptors (Lipinski definition) is 5. The van der Waals surface area contributed by atoms with Crippen LogP contribution in [0, 0.1) is 5.92 Å². The number of benzene rings is 1. The normalized spacial score (nSPS) is 13.2. The van der Waals surface area contributed by atoms with Crippen LogP contribution in [0.4, 0.5) is 5.82 Å². The molecule has 0 aliphatic heterocycles. The first-order valence-electron chi connectivity index (χ1n) is 6.68. The average molecular weight is 288 g/mol. The van der Waals surface area contributed by atoms with Gasteiger partial charge in [-0.15, -0.1) is 0 Å². The van der Waals surface area contributed by atoms with Crippen molar-refractivity contribution in [3.8, 4) is 5.75 Å². The number of hydrogen-bond donors (Lipinski definition) is 2. The number of aromatic nitrogens is 1. The average Bonchev–Trinajstić information content (AvgIpc) is 2.52. The SMILES string of the molecule is COc1ccc2c(N(C)CC(C)/C(N)=N/O)nccc2c1. The van der Waals surface area contributed by atoms with E-state index in [1.54, 1.807) is 13.3 Å². The van der Waals surface area contributed by atoms with Crippen molar-refractivity contribution in [3.63, 3.8) is 0 Å². The van der Waals surface area contributed by atoms with Crippen molar-refractivity contribution in [2.75, 3.05) is 25.6 Å². The van der Waals surface area contributed by atoms with Crippen LogP contribution < -0.4 is 15.4 Å². The third-order valence-corrected chi connectivity index (χ3v) is 3.48. The van der Waals surface area contributed by atoms with Gasteiger partial charge in [0.05, 0.1) is 7.11 Å². The molecule has 0 spiro atoms. The first kappa shape index (κ1) is 14.9. The smallest absolute Gasteiger partial charge is 0.143 e. The zero-order valence-electron chi connectivity index (χ0n) is 12.4. The molecule has 2 rings (SSSR count). The Morgan fingerprint density at radius 3 is 2.90 bits per heavy atom. The van der Waals surface area contributed by atoms with Crippen LogP contribution >= 0.6 is 0 Å². The Kier molecular flexibility index (Phi) is 4.47. The molecule has 0 aliphatic rings. The van der Waals surface area contributed by atoms with Crippen LogP contribution in [0.15, 0.2) is 35.6 Å². The molecule has 0 saturated heterocycles. The highest BCUT2D eigenvalue weighted by Crippen LogP contribution is 2.27. The van der Waals surface area contributed by atoms with Gasteiger partial charge in [-0.2, -0.15) is 0 Å². The van der Waals surface area contributed by atoms with Gasteiger partial charge in [0.2, 0.25) is 0 Å². The molecular formula is C15H20N4O2. The molecule has 112 valence electrons. The molecule has 6 nitrogen and oxygen atoms in total. The molecule has 0 aliphatic carbocycles. The van der Waals surface area contributed by atoms with E-state index in [1.807, 2.05) is 43.1 Å². The van der Waals surface area contributed by atoms with Crippen LogP contribution in [0.1, 0.15) is 6.92 Å². The summed E-state index contributed by atoms with van der Waals surface area (Å²) in [4.78, 5) is 6.44. The first-order chi connectivity index (χ1) is 10.1. The van der Waals surface area contributed by atoms with Crippen molar-refractivity contribution in [2.45, 2.75) is 6.92 Å². The van der Waals surface area contributed by atoms with E-state index in [4.69, 9.17) is 15.7 Å². The molecular weight excluding hydrogens is 268 g/mol. The number of nitrogens with two attached hydrogens (primary N) is 1. The monoisotopic (exact) mass is 288 g/mol. The Balaban J connectivity index is 2.33. The molecule has 1 atom stereocenters. The summed E-state index contributed by atoms with van der Waals surface area (Å²) in [5.74, 6) is 1.80. The van der Waals surface area contributed by atoms with Gasteiger partial charge >= 0.3 is 0 Å². The summed E-state index contributed by atoms with van der Waals surface area (Å²) in [5, 5.41) is 13.9. The van der Waals surface area contributed by atoms with Crippen LogP contribution in [0.3, 0.4) is 0 Å². The molecule has 2 aromatic rings. The largest absolute Gasteiger partial charge is 0.497 e. The lowest BCUT2D eigenvalue weighted by molar-refractivity contribution is 0.314. The molecule has 0 bridgehead atoms. The Labute approximate surface area is 123 Å². The second kappa shape index (κ2) is 6.30. The van der Waals surface area contributed by atoms with E-state index in [0.29, 0.717) is 6.54 Å². The lowest BCUT2D eigenvalue weighted by atomic mass is 10.1. The second-order valence-corrected chi connectivity index (χ2v) is 5.03. The van der Waals surface area contributed by atoms with Crippen LogP contribution in [0.25, 0.3) is 10.8 Å². The molecule has 1 aromatic heterocycles. The number of ether oxygens (including phenoxy) is 1. The maximum Gasteiger partial charge on any atom is 0.143 e. The Morgan fingerprint density at radius 2 is 2.24 bits per heavy atom. The van der Waals surface area contributed by atoms with Gasteiger partial charge in [-0.3, -0.25) is 0 Å². The minimum absolute atomic E-state index is 0.0738. The van der Waals surface area contributed by atoms with Gasteiger partial charge in [-0.05, 0) is 29.7 Å². The van der Waals surface area contributed by atoms with E-state index in [9.17, 15) is 0 Å². The standard InChI is InChI=1S/C15H20N4O2/c1-10(14(16)18-20)9-19(2)15-13-5-4-12(21-3)8-11(13)6-7-17-15/h4-8,10,20H,9H2,1-3H3,(H2,16,18). The molecule has 0 radical (unpaired) electrons. The molecule has 3 N–H and O–H groups in total. The van der Waals surface area contributed by atoms with E-state index in [1.165, 1.54) is 0 Å². The fourth-order valence-electron chi connectivity index (χ4n) is 2.26. The van der Waals surface area contributed by atoms with Gasteiger partial charge in [0, 0.05) is 31.1 Å². The van der Waals surface area contributed by atoms with Crippen LogP contribution in [0.5, 0.6) is 5.75 Å². The number of pyridine rings is 1. The van der Waals surface area contributed by atoms with Gasteiger partial charge in [0.15, 0.2) is 0 Å². The van der Waals surface area contributed by atoms with Crippen LogP contribution in [0.2, 0.25) is 0 Å². The van der Waals surface area contributed by atoms with Crippen molar-refractivity contribution in [2.24, 2.45) is 16.8 Å². The maximum atomic E-state index is 8.73. The van der Waals surface area contributed by atoms with Gasteiger partial charge in [0.1, 0.15) is 17.4 Å². The maximum absolute atomic E-state index is 8.73. The Bertz CT molecular complexity index is 657. The third kappa shape index (κ3) is 3.16. The fourth-order valence-corrected chi connectivity index (χ4v) is 2.26. The van der Waals surface area contributed by atoms with E-state index in [-0.39, 0.29) is 11.8 Å². The second-order valence-electron chi connectivity index (χ2n) is 5.03. The van der Waals surface area contributed by atoms with Crippen molar-refractivity contribution in [1.29, 1.82) is 0 Å². The number of fused-ring (bicyclic) bond motifs is 1. The van der Waals surface area contributed by atoms with Gasteiger partial charge < -0.3 is 20.6 Å². The number of nitrogens with zero attached hydrogens (tertiary/aromatic N) is 3. The van der Waals surface area contributed by atoms with Crippen LogP contribution in [-0.4, -0.2) is 36.7 Å². The van der Waals surface area contributed by atoms with E-state index >= 15 is 0 Å². The Hall–Kier alpha value is -2.50. The predicted octanol–water partition coefficient (Wildman–Crippen LogP) is 2.06. The topological polar surface area (TPSA) is 84.0 Å². The number of methoxy groups -OCH3 is 1. The number of amidine groups is 1. The van der Waals surface area contributed by atoms with E-state index in [2.05, 4.69) is 10.1 Å². The van der Waals surface area contributed by atoms with E-state index < -0.39 is 0 Å². The number of rotatable bonds is 5. The summed E-state index contributed by atoms with van der Waals surface area (Å²) in [6.07, 6.45) is 1.77. The minimum atomic E-state index is -0.0738. The zero-order chi connectivity index (χ0) is 15.4. The minimum Gasteiger partial charge on any atom is -0.497 e. The predicted molar refractivity (Wildman–Crippen MR) is 84.1 cm³/mol. The fraction of sp³-hybridized carbons (Fsp3) is 0.333. The van der Waals surface area contributed by atoms with Crippen molar-refractivity contribution >= 4 is 22.4 Å². The van der Waals surface area contributed by atoms with Gasteiger partial charge in [0.25, 0.3) is 0 Å². The first-order valence-corrected chi connectivity index (χ1v) is 6.68. The molecule has 1 heterocycles. The molecule has 21 heavy (non-hydrogen) atoms. The molecule has 0 saturated carbocycles. The van der Waals surface area contributed by atoms with Crippen molar-refractivity contribution in [1.82, 2.24) is 4.98 Å². The number of oxime groups is 1. The quantitative estimate of drug-likeness (QED) is 0.381. The lowest BCUT2D eigenvalue weighted by Crippen LogP contribution is -2.33. The van der Waals surface area contributed by atoms with Crippen LogP contribution in [-0.2, 0) is 0 Å². The van der Waals surface area contributed by atoms with Crippen molar-refractivity contribution in [3.05, 3.63) is 30.5 Å². The molecule has 6 heteroatoms. The summed E-state index contributed by atoms with van der Waals surface area (Å²) in [6, 6.07) is 7.82. The molecule has 1 aromatic carbocycles. The highest BCUT2D eigenvalue weighted by atomic mass is 16.5. The molecule has 0 fully saturated rings. The highest BCUT2D eigenvalue weighted by Gasteiger charge is 2.14. The lowest BCUT2D eigenvalue weighted by Gasteiger charge is -2.23. The van der Waals surface area contributed by atoms with E-state index in [0.717, 1.165) is 22.3 Å². The molecule has 0 amide bonds. The summed E-state index contributed by atoms with van der Waals surface area (Å²) in [5.41, 5.74) is 5.63. The summed E-state index contributed by atoms with van der Waals surface area (Å²) < 4.78 is 5.24. The number of anilines is 1. The third-order valence-electron chi connectivity index (χ3n) is 3.48. The zero-order valence-corrected chi connectivity index (χ0v) is 12.4. The summed E-state index contributed by atoms with van der Waals surface area (Å²) >= 11 is 0. The summed E-state index contributed by atoms with van der Waals surface area (Å²) in [7, 11) is 3.58. The Morgan fingerprint density at radius 1 is 1.48 bits per heavy atom. The van der Waals surface area contributed by atoms with Gasteiger partial charge in [-0.1, -0.05) is 12.1 Å². The highest BCUT2D eigenvalue weighted by molar-refractivity contribution is 5.93.